The van der Waals surface area contributed by atoms with Crippen LogP contribution in [0.4, 0.5) is 13.2 Å². The SMILES string of the molecule is CCNC(=NCCc1cccc(OC)c1O)NC1CCCC(C(F)(F)F)C1.I. The maximum Gasteiger partial charge on any atom is 0.391 e. The number of guanidine groups is 1. The average Bonchev–Trinajstić information content (AvgIpc) is 2.63. The van der Waals surface area contributed by atoms with Gasteiger partial charge in [-0.1, -0.05) is 18.6 Å². The molecule has 5 nitrogen and oxygen atoms in total. The number of aromatic hydroxyl groups is 1. The molecule has 0 bridgehead atoms. The molecule has 28 heavy (non-hydrogen) atoms. The lowest BCUT2D eigenvalue weighted by molar-refractivity contribution is -0.183. The average molecular weight is 515 g/mol. The van der Waals surface area contributed by atoms with Crippen molar-refractivity contribution in [3.05, 3.63) is 23.8 Å². The van der Waals surface area contributed by atoms with Crippen LogP contribution in [0.5, 0.6) is 11.5 Å². The van der Waals surface area contributed by atoms with Crippen molar-refractivity contribution in [3.63, 3.8) is 0 Å². The topological polar surface area (TPSA) is 65.9 Å². The number of rotatable bonds is 6. The van der Waals surface area contributed by atoms with Gasteiger partial charge in [0.05, 0.1) is 13.0 Å². The van der Waals surface area contributed by atoms with Crippen molar-refractivity contribution in [2.75, 3.05) is 20.2 Å². The summed E-state index contributed by atoms with van der Waals surface area (Å²) in [5.74, 6) is -0.247. The molecule has 1 aromatic rings. The second kappa shape index (κ2) is 11.6. The van der Waals surface area contributed by atoms with Crippen molar-refractivity contribution in [2.45, 2.75) is 51.2 Å². The van der Waals surface area contributed by atoms with Crippen LogP contribution in [-0.2, 0) is 6.42 Å². The van der Waals surface area contributed by atoms with Gasteiger partial charge < -0.3 is 20.5 Å². The summed E-state index contributed by atoms with van der Waals surface area (Å²) >= 11 is 0. The zero-order valence-corrected chi connectivity index (χ0v) is 18.5. The Labute approximate surface area is 181 Å². The van der Waals surface area contributed by atoms with Crippen molar-refractivity contribution in [3.8, 4) is 11.5 Å². The number of alkyl halides is 3. The van der Waals surface area contributed by atoms with Crippen molar-refractivity contribution in [2.24, 2.45) is 10.9 Å². The predicted octanol–water partition coefficient (Wildman–Crippen LogP) is 4.24. The van der Waals surface area contributed by atoms with Crippen molar-refractivity contribution >= 4 is 29.9 Å². The summed E-state index contributed by atoms with van der Waals surface area (Å²) in [5.41, 5.74) is 0.712. The summed E-state index contributed by atoms with van der Waals surface area (Å²) in [6.07, 6.45) is -2.11. The standard InChI is InChI=1S/C19H28F3N3O2.HI/c1-3-23-18(25-15-8-5-7-14(12-15)19(20,21)22)24-11-10-13-6-4-9-16(27-2)17(13)26;/h4,6,9,14-15,26H,3,5,7-8,10-12H2,1-2H3,(H2,23,24,25);1H. The highest BCUT2D eigenvalue weighted by atomic mass is 127. The van der Waals surface area contributed by atoms with E-state index >= 15 is 0 Å². The van der Waals surface area contributed by atoms with Gasteiger partial charge in [0.2, 0.25) is 0 Å². The third kappa shape index (κ3) is 7.21. The predicted molar refractivity (Wildman–Crippen MR) is 115 cm³/mol. The fourth-order valence-corrected chi connectivity index (χ4v) is 3.35. The highest BCUT2D eigenvalue weighted by Gasteiger charge is 2.42. The van der Waals surface area contributed by atoms with Gasteiger partial charge in [0.15, 0.2) is 17.5 Å². The van der Waals surface area contributed by atoms with Crippen LogP contribution >= 0.6 is 24.0 Å². The highest BCUT2D eigenvalue weighted by molar-refractivity contribution is 14.0. The van der Waals surface area contributed by atoms with Crippen LogP contribution in [0.15, 0.2) is 23.2 Å². The Morgan fingerprint density at radius 1 is 1.32 bits per heavy atom. The first-order chi connectivity index (χ1) is 12.8. The van der Waals surface area contributed by atoms with Crippen LogP contribution < -0.4 is 15.4 Å². The van der Waals surface area contributed by atoms with E-state index in [0.29, 0.717) is 49.6 Å². The van der Waals surface area contributed by atoms with Gasteiger partial charge in [-0.15, -0.1) is 24.0 Å². The second-order valence-electron chi connectivity index (χ2n) is 6.73. The molecular weight excluding hydrogens is 486 g/mol. The van der Waals surface area contributed by atoms with Crippen LogP contribution in [0.2, 0.25) is 0 Å². The van der Waals surface area contributed by atoms with E-state index in [9.17, 15) is 18.3 Å². The maximum absolute atomic E-state index is 13.0. The smallest absolute Gasteiger partial charge is 0.391 e. The molecule has 2 atom stereocenters. The molecule has 2 unspecified atom stereocenters. The Bertz CT molecular complexity index is 641. The van der Waals surface area contributed by atoms with E-state index in [2.05, 4.69) is 15.6 Å². The zero-order chi connectivity index (χ0) is 19.9. The first-order valence-corrected chi connectivity index (χ1v) is 9.31. The molecule has 0 aromatic heterocycles. The Balaban J connectivity index is 0.00000392. The summed E-state index contributed by atoms with van der Waals surface area (Å²) in [6, 6.07) is 5.02. The lowest BCUT2D eigenvalue weighted by atomic mass is 9.85. The number of para-hydroxylation sites is 1. The molecule has 160 valence electrons. The Hall–Kier alpha value is -1.39. The number of hydrogen-bond donors (Lipinski definition) is 3. The zero-order valence-electron chi connectivity index (χ0n) is 16.2. The molecule has 0 amide bonds. The number of benzene rings is 1. The number of ether oxygens (including phenoxy) is 1. The lowest BCUT2D eigenvalue weighted by Gasteiger charge is -2.31. The number of phenolic OH excluding ortho intramolecular Hbond substituents is 1. The number of halogens is 4. The van der Waals surface area contributed by atoms with Gasteiger partial charge in [-0.05, 0) is 44.2 Å². The fourth-order valence-electron chi connectivity index (χ4n) is 3.35. The van der Waals surface area contributed by atoms with Crippen LogP contribution in [0.1, 0.15) is 38.2 Å². The van der Waals surface area contributed by atoms with Gasteiger partial charge in [-0.25, -0.2) is 0 Å². The van der Waals surface area contributed by atoms with Crippen molar-refractivity contribution in [1.82, 2.24) is 10.6 Å². The van der Waals surface area contributed by atoms with Gasteiger partial charge in [-0.2, -0.15) is 13.2 Å². The quantitative estimate of drug-likeness (QED) is 0.302. The molecule has 9 heteroatoms. The Morgan fingerprint density at radius 2 is 2.07 bits per heavy atom. The molecule has 1 aliphatic carbocycles. The number of nitrogens with one attached hydrogen (secondary N) is 2. The van der Waals surface area contributed by atoms with Crippen LogP contribution in [0.3, 0.4) is 0 Å². The minimum absolute atomic E-state index is 0. The molecule has 1 saturated carbocycles. The monoisotopic (exact) mass is 515 g/mol. The van der Waals surface area contributed by atoms with Gasteiger partial charge in [0.1, 0.15) is 0 Å². The number of hydrogen-bond acceptors (Lipinski definition) is 3. The third-order valence-corrected chi connectivity index (χ3v) is 4.78. The first-order valence-electron chi connectivity index (χ1n) is 9.31. The van der Waals surface area contributed by atoms with E-state index in [4.69, 9.17) is 4.74 Å². The normalized spacial score (nSPS) is 20.2. The van der Waals surface area contributed by atoms with Crippen molar-refractivity contribution in [1.29, 1.82) is 0 Å². The Kier molecular flexibility index (Phi) is 10.2. The van der Waals surface area contributed by atoms with E-state index in [1.807, 2.05) is 6.92 Å². The van der Waals surface area contributed by atoms with E-state index in [1.54, 1.807) is 18.2 Å². The molecule has 1 aliphatic rings. The maximum atomic E-state index is 13.0. The summed E-state index contributed by atoms with van der Waals surface area (Å²) in [4.78, 5) is 4.45. The van der Waals surface area contributed by atoms with Gasteiger partial charge in [0, 0.05) is 19.1 Å². The summed E-state index contributed by atoms with van der Waals surface area (Å²) in [5, 5.41) is 16.3. The number of methoxy groups -OCH3 is 1. The largest absolute Gasteiger partial charge is 0.504 e. The fraction of sp³-hybridized carbons (Fsp3) is 0.632. The minimum Gasteiger partial charge on any atom is -0.504 e. The number of phenols is 1. The van der Waals surface area contributed by atoms with E-state index in [0.717, 1.165) is 0 Å². The van der Waals surface area contributed by atoms with Gasteiger partial charge in [-0.3, -0.25) is 4.99 Å². The van der Waals surface area contributed by atoms with Gasteiger partial charge in [0.25, 0.3) is 0 Å². The number of aliphatic imine (C=N–C) groups is 1. The molecule has 1 aromatic carbocycles. The third-order valence-electron chi connectivity index (χ3n) is 4.78. The van der Waals surface area contributed by atoms with Crippen molar-refractivity contribution < 1.29 is 23.0 Å². The van der Waals surface area contributed by atoms with Crippen LogP contribution in [0, 0.1) is 5.92 Å². The Morgan fingerprint density at radius 3 is 2.71 bits per heavy atom. The lowest BCUT2D eigenvalue weighted by Crippen LogP contribution is -2.46. The molecule has 2 rings (SSSR count). The first kappa shape index (κ1) is 24.6. The highest BCUT2D eigenvalue weighted by Crippen LogP contribution is 2.37. The molecule has 3 N–H and O–H groups in total. The molecule has 1 fully saturated rings. The summed E-state index contributed by atoms with van der Waals surface area (Å²) < 4.78 is 44.0. The molecule has 0 radical (unpaired) electrons. The summed E-state index contributed by atoms with van der Waals surface area (Å²) in [7, 11) is 1.49. The molecule has 0 spiro atoms. The molecule has 0 saturated heterocycles. The van der Waals surface area contributed by atoms with Gasteiger partial charge >= 0.3 is 6.18 Å². The van der Waals surface area contributed by atoms with Crippen LogP contribution in [-0.4, -0.2) is 43.5 Å². The molecule has 0 heterocycles. The molecular formula is C19H29F3IN3O2. The number of nitrogens with zero attached hydrogens (tertiary/aromatic N) is 1. The minimum atomic E-state index is -4.14. The second-order valence-corrected chi connectivity index (χ2v) is 6.73. The van der Waals surface area contributed by atoms with E-state index in [1.165, 1.54) is 7.11 Å². The summed E-state index contributed by atoms with van der Waals surface area (Å²) in [6.45, 7) is 2.92. The van der Waals surface area contributed by atoms with E-state index < -0.39 is 12.1 Å². The van der Waals surface area contributed by atoms with Crippen LogP contribution in [0.25, 0.3) is 0 Å². The van der Waals surface area contributed by atoms with E-state index in [-0.39, 0.29) is 48.6 Å². The molecule has 0 aliphatic heterocycles.